The lowest BCUT2D eigenvalue weighted by Crippen LogP contribution is -2.33. The van der Waals surface area contributed by atoms with Gasteiger partial charge in [-0.2, -0.15) is 0 Å². The number of aromatic nitrogens is 2. The number of carbonyl (C=O) groups excluding carboxylic acids is 1. The first-order valence-electron chi connectivity index (χ1n) is 8.46. The van der Waals surface area contributed by atoms with Gasteiger partial charge in [-0.3, -0.25) is 4.79 Å². The summed E-state index contributed by atoms with van der Waals surface area (Å²) in [5.74, 6) is 0.762. The van der Waals surface area contributed by atoms with Crippen molar-refractivity contribution in [3.63, 3.8) is 0 Å². The maximum absolute atomic E-state index is 12.5. The maximum atomic E-state index is 12.5. The van der Waals surface area contributed by atoms with Crippen LogP contribution in [0.3, 0.4) is 0 Å². The van der Waals surface area contributed by atoms with Crippen molar-refractivity contribution in [1.82, 2.24) is 14.5 Å². The Kier molecular flexibility index (Phi) is 4.79. The van der Waals surface area contributed by atoms with Gasteiger partial charge in [0, 0.05) is 43.9 Å². The van der Waals surface area contributed by atoms with Crippen LogP contribution in [0.5, 0.6) is 0 Å². The van der Waals surface area contributed by atoms with E-state index in [0.717, 1.165) is 25.9 Å². The molecule has 1 aliphatic rings. The normalized spacial score (nSPS) is 20.9. The van der Waals surface area contributed by atoms with Gasteiger partial charge in [0.1, 0.15) is 0 Å². The molecule has 4 heteroatoms. The zero-order chi connectivity index (χ0) is 16.2. The third-order valence-corrected chi connectivity index (χ3v) is 4.89. The van der Waals surface area contributed by atoms with Crippen LogP contribution < -0.4 is 0 Å². The minimum absolute atomic E-state index is 0.286. The van der Waals surface area contributed by atoms with Gasteiger partial charge >= 0.3 is 0 Å². The fourth-order valence-corrected chi connectivity index (χ4v) is 3.62. The van der Waals surface area contributed by atoms with Crippen molar-refractivity contribution in [2.24, 2.45) is 0 Å². The van der Waals surface area contributed by atoms with Crippen LogP contribution in [-0.2, 0) is 11.3 Å². The SMILES string of the molecule is Cc1ccccc1[C@H]1C[C@@H](C)N(C(=O)CCCn2ccnc2)C1. The van der Waals surface area contributed by atoms with Crippen molar-refractivity contribution in [3.05, 3.63) is 54.1 Å². The van der Waals surface area contributed by atoms with E-state index in [1.165, 1.54) is 11.1 Å². The second kappa shape index (κ2) is 6.99. The second-order valence-electron chi connectivity index (χ2n) is 6.59. The van der Waals surface area contributed by atoms with E-state index in [1.807, 2.05) is 10.8 Å². The van der Waals surface area contributed by atoms with Crippen molar-refractivity contribution in [1.29, 1.82) is 0 Å². The molecule has 2 heterocycles. The molecule has 1 saturated heterocycles. The Morgan fingerprint density at radius 2 is 2.17 bits per heavy atom. The predicted octanol–water partition coefficient (Wildman–Crippen LogP) is 3.38. The van der Waals surface area contributed by atoms with Crippen molar-refractivity contribution in [3.8, 4) is 0 Å². The quantitative estimate of drug-likeness (QED) is 0.849. The summed E-state index contributed by atoms with van der Waals surface area (Å²) in [5, 5.41) is 0. The smallest absolute Gasteiger partial charge is 0.222 e. The molecule has 23 heavy (non-hydrogen) atoms. The number of carbonyl (C=O) groups is 1. The van der Waals surface area contributed by atoms with Gasteiger partial charge in [-0.25, -0.2) is 4.98 Å². The Hall–Kier alpha value is -2.10. The molecule has 0 aliphatic carbocycles. The first-order chi connectivity index (χ1) is 11.1. The molecule has 1 aromatic carbocycles. The molecule has 0 radical (unpaired) electrons. The lowest BCUT2D eigenvalue weighted by Gasteiger charge is -2.21. The fraction of sp³-hybridized carbons (Fsp3) is 0.474. The minimum atomic E-state index is 0.286. The Morgan fingerprint density at radius 1 is 1.35 bits per heavy atom. The molecular formula is C19H25N3O. The first kappa shape index (κ1) is 15.8. The van der Waals surface area contributed by atoms with E-state index >= 15 is 0 Å². The van der Waals surface area contributed by atoms with Crippen molar-refractivity contribution in [2.75, 3.05) is 6.54 Å². The van der Waals surface area contributed by atoms with Gasteiger partial charge in [-0.05, 0) is 37.8 Å². The zero-order valence-corrected chi connectivity index (χ0v) is 14.0. The van der Waals surface area contributed by atoms with E-state index in [9.17, 15) is 4.79 Å². The fourth-order valence-electron chi connectivity index (χ4n) is 3.62. The summed E-state index contributed by atoms with van der Waals surface area (Å²) in [6, 6.07) is 8.88. The van der Waals surface area contributed by atoms with Crippen LogP contribution in [-0.4, -0.2) is 32.9 Å². The molecule has 0 spiro atoms. The highest BCUT2D eigenvalue weighted by molar-refractivity contribution is 5.77. The molecule has 3 rings (SSSR count). The Morgan fingerprint density at radius 3 is 2.91 bits per heavy atom. The van der Waals surface area contributed by atoms with Gasteiger partial charge < -0.3 is 9.47 Å². The number of likely N-dealkylation sites (tertiary alicyclic amines) is 1. The summed E-state index contributed by atoms with van der Waals surface area (Å²) >= 11 is 0. The molecule has 1 aliphatic heterocycles. The number of imidazole rings is 1. The maximum Gasteiger partial charge on any atom is 0.222 e. The highest BCUT2D eigenvalue weighted by Crippen LogP contribution is 2.33. The molecule has 0 unspecified atom stereocenters. The molecule has 122 valence electrons. The number of hydrogen-bond acceptors (Lipinski definition) is 2. The number of benzene rings is 1. The van der Waals surface area contributed by atoms with Gasteiger partial charge in [-0.1, -0.05) is 24.3 Å². The standard InChI is InChI=1S/C19H25N3O/c1-15-6-3-4-7-18(15)17-12-16(2)22(13-17)19(23)8-5-10-21-11-9-20-14-21/h3-4,6-7,9,11,14,16-17H,5,8,10,12-13H2,1-2H3/t16-,17+/m1/s1. The molecule has 2 aromatic rings. The Bertz CT molecular complexity index is 650. The van der Waals surface area contributed by atoms with Gasteiger partial charge in [0.05, 0.1) is 6.33 Å². The highest BCUT2D eigenvalue weighted by Gasteiger charge is 2.33. The van der Waals surface area contributed by atoms with Crippen molar-refractivity contribution in [2.45, 2.75) is 51.6 Å². The van der Waals surface area contributed by atoms with Crippen molar-refractivity contribution >= 4 is 5.91 Å². The summed E-state index contributed by atoms with van der Waals surface area (Å²) < 4.78 is 2.02. The van der Waals surface area contributed by atoms with Crippen LogP contribution >= 0.6 is 0 Å². The van der Waals surface area contributed by atoms with Gasteiger partial charge in [0.15, 0.2) is 0 Å². The molecule has 0 bridgehead atoms. The van der Waals surface area contributed by atoms with Crippen LogP contribution in [0.25, 0.3) is 0 Å². The minimum Gasteiger partial charge on any atom is -0.339 e. The third kappa shape index (κ3) is 3.63. The molecule has 0 N–H and O–H groups in total. The largest absolute Gasteiger partial charge is 0.339 e. The van der Waals surface area contributed by atoms with Gasteiger partial charge in [0.2, 0.25) is 5.91 Å². The molecule has 1 amide bonds. The second-order valence-corrected chi connectivity index (χ2v) is 6.59. The number of aryl methyl sites for hydroxylation is 2. The Labute approximate surface area is 138 Å². The number of rotatable bonds is 5. The van der Waals surface area contributed by atoms with Crippen LogP contribution in [0.15, 0.2) is 43.0 Å². The van der Waals surface area contributed by atoms with Crippen molar-refractivity contribution < 1.29 is 4.79 Å². The summed E-state index contributed by atoms with van der Waals surface area (Å²) in [6.07, 6.45) is 8.07. The lowest BCUT2D eigenvalue weighted by molar-refractivity contribution is -0.131. The molecule has 1 aromatic heterocycles. The van der Waals surface area contributed by atoms with Crippen LogP contribution in [0.2, 0.25) is 0 Å². The lowest BCUT2D eigenvalue weighted by atomic mass is 9.93. The van der Waals surface area contributed by atoms with E-state index in [1.54, 1.807) is 12.5 Å². The number of nitrogens with zero attached hydrogens (tertiary/aromatic N) is 3. The summed E-state index contributed by atoms with van der Waals surface area (Å²) in [5.41, 5.74) is 2.73. The van der Waals surface area contributed by atoms with E-state index in [0.29, 0.717) is 18.4 Å². The molecular weight excluding hydrogens is 286 g/mol. The van der Waals surface area contributed by atoms with Gasteiger partial charge in [0.25, 0.3) is 0 Å². The average Bonchev–Trinajstić information content (AvgIpc) is 3.17. The third-order valence-electron chi connectivity index (χ3n) is 4.89. The predicted molar refractivity (Wildman–Crippen MR) is 91.2 cm³/mol. The van der Waals surface area contributed by atoms with Crippen LogP contribution in [0.1, 0.15) is 43.2 Å². The number of amides is 1. The van der Waals surface area contributed by atoms with E-state index in [4.69, 9.17) is 0 Å². The summed E-state index contributed by atoms with van der Waals surface area (Å²) in [6.45, 7) is 6.05. The van der Waals surface area contributed by atoms with Crippen LogP contribution in [0.4, 0.5) is 0 Å². The monoisotopic (exact) mass is 311 g/mol. The topological polar surface area (TPSA) is 38.1 Å². The van der Waals surface area contributed by atoms with E-state index < -0.39 is 0 Å². The molecule has 2 atom stereocenters. The van der Waals surface area contributed by atoms with Crippen LogP contribution in [0, 0.1) is 6.92 Å². The highest BCUT2D eigenvalue weighted by atomic mass is 16.2. The van der Waals surface area contributed by atoms with E-state index in [-0.39, 0.29) is 5.91 Å². The average molecular weight is 311 g/mol. The summed E-state index contributed by atoms with van der Waals surface area (Å²) in [7, 11) is 0. The molecule has 0 saturated carbocycles. The van der Waals surface area contributed by atoms with E-state index in [2.05, 4.69) is 48.0 Å². The van der Waals surface area contributed by atoms with Gasteiger partial charge in [-0.15, -0.1) is 0 Å². The zero-order valence-electron chi connectivity index (χ0n) is 14.0. The summed E-state index contributed by atoms with van der Waals surface area (Å²) in [4.78, 5) is 18.7. The first-order valence-corrected chi connectivity index (χ1v) is 8.46. The Balaban J connectivity index is 1.56. The number of hydrogen-bond donors (Lipinski definition) is 0. The molecule has 4 nitrogen and oxygen atoms in total. The molecule has 1 fully saturated rings.